The monoisotopic (exact) mass is 359 g/mol. The maximum absolute atomic E-state index is 12.6. The summed E-state index contributed by atoms with van der Waals surface area (Å²) in [6.07, 6.45) is 6.39. The topological polar surface area (TPSA) is 66.1 Å². The highest BCUT2D eigenvalue weighted by atomic mass is 16.4. The van der Waals surface area contributed by atoms with Crippen molar-refractivity contribution < 1.29 is 24.5 Å². The number of quaternary nitrogens is 2. The Labute approximate surface area is 156 Å². The molecule has 1 aliphatic heterocycles. The molecule has 5 nitrogen and oxygen atoms in total. The van der Waals surface area contributed by atoms with E-state index in [1.165, 1.54) is 42.6 Å². The molecule has 0 spiro atoms. The van der Waals surface area contributed by atoms with Crippen LogP contribution >= 0.6 is 0 Å². The summed E-state index contributed by atoms with van der Waals surface area (Å²) in [5, 5.41) is 11.6. The van der Waals surface area contributed by atoms with Crippen molar-refractivity contribution in [3.05, 3.63) is 35.4 Å². The van der Waals surface area contributed by atoms with Gasteiger partial charge in [0.25, 0.3) is 0 Å². The Kier molecular flexibility index (Phi) is 6.43. The van der Waals surface area contributed by atoms with E-state index in [1.807, 2.05) is 12.1 Å². The molecule has 1 aliphatic carbocycles. The summed E-state index contributed by atoms with van der Waals surface area (Å²) in [5.41, 5.74) is 1.93. The predicted octanol–water partition coefficient (Wildman–Crippen LogP) is -1.16. The van der Waals surface area contributed by atoms with Gasteiger partial charge in [0.05, 0.1) is 19.4 Å². The van der Waals surface area contributed by atoms with E-state index in [0.29, 0.717) is 11.5 Å². The summed E-state index contributed by atoms with van der Waals surface area (Å²) in [6.45, 7) is 3.42. The van der Waals surface area contributed by atoms with Crippen LogP contribution in [0.15, 0.2) is 24.3 Å². The second kappa shape index (κ2) is 8.78. The van der Waals surface area contributed by atoms with Crippen LogP contribution in [0.25, 0.3) is 0 Å². The van der Waals surface area contributed by atoms with E-state index >= 15 is 0 Å². The van der Waals surface area contributed by atoms with Gasteiger partial charge in [0.2, 0.25) is 0 Å². The molecule has 2 fully saturated rings. The first-order chi connectivity index (χ1) is 12.5. The highest BCUT2D eigenvalue weighted by molar-refractivity contribution is 5.98. The lowest BCUT2D eigenvalue weighted by Gasteiger charge is -2.33. The molecule has 1 aromatic carbocycles. The molecule has 1 heterocycles. The van der Waals surface area contributed by atoms with Crippen LogP contribution in [0.3, 0.4) is 0 Å². The third-order valence-corrected chi connectivity index (χ3v) is 6.22. The molecule has 3 rings (SSSR count). The van der Waals surface area contributed by atoms with E-state index in [2.05, 4.69) is 19.2 Å². The molecule has 5 heteroatoms. The first-order valence-electron chi connectivity index (χ1n) is 10.0. The molecule has 0 amide bonds. The summed E-state index contributed by atoms with van der Waals surface area (Å²) in [6, 6.07) is 7.13. The summed E-state index contributed by atoms with van der Waals surface area (Å²) >= 11 is 0. The summed E-state index contributed by atoms with van der Waals surface area (Å²) in [7, 11) is 2.11. The second-order valence-electron chi connectivity index (χ2n) is 8.07. The van der Waals surface area contributed by atoms with E-state index in [0.717, 1.165) is 31.1 Å². The number of piperazine rings is 1. The van der Waals surface area contributed by atoms with E-state index in [-0.39, 0.29) is 12.2 Å². The first kappa shape index (κ1) is 19.1. The molecular weight excluding hydrogens is 328 g/mol. The first-order valence-corrected chi connectivity index (χ1v) is 10.0. The van der Waals surface area contributed by atoms with Crippen LogP contribution in [0.5, 0.6) is 0 Å². The fourth-order valence-corrected chi connectivity index (χ4v) is 4.42. The SMILES string of the molecule is C[NH+]1CC[NH+]([C@H](CC(=O)c2ccc(C3CCCCC3)cc2)C(=O)[O-])CC1. The lowest BCUT2D eigenvalue weighted by molar-refractivity contribution is -1.01. The van der Waals surface area contributed by atoms with Crippen molar-refractivity contribution in [1.29, 1.82) is 0 Å². The number of hydrogen-bond donors (Lipinski definition) is 2. The fourth-order valence-electron chi connectivity index (χ4n) is 4.42. The zero-order valence-electron chi connectivity index (χ0n) is 15.8. The van der Waals surface area contributed by atoms with Gasteiger partial charge in [-0.2, -0.15) is 0 Å². The normalized spacial score (nSPS) is 25.6. The Bertz CT molecular complexity index is 615. The molecule has 1 atom stereocenters. The number of hydrogen-bond acceptors (Lipinski definition) is 3. The minimum Gasteiger partial charge on any atom is -0.544 e. The van der Waals surface area contributed by atoms with Crippen LogP contribution in [0.4, 0.5) is 0 Å². The molecule has 142 valence electrons. The number of carboxylic acid groups (broad SMARTS) is 1. The number of aliphatic carboxylic acids is 1. The molecule has 1 aromatic rings. The van der Waals surface area contributed by atoms with Gasteiger partial charge in [0, 0.05) is 5.56 Å². The van der Waals surface area contributed by atoms with E-state index < -0.39 is 12.0 Å². The molecule has 0 radical (unpaired) electrons. The standard InChI is InChI=1S/C21H30N2O3/c1-22-11-13-23(14-12-22)19(21(25)26)15-20(24)18-9-7-17(8-10-18)16-5-3-2-4-6-16/h7-10,16,19H,2-6,11-15H2,1H3,(H,25,26)/p+1/t19-/m1/s1. The van der Waals surface area contributed by atoms with Crippen LogP contribution in [0.2, 0.25) is 0 Å². The van der Waals surface area contributed by atoms with Gasteiger partial charge in [-0.05, 0) is 24.3 Å². The molecule has 2 N–H and O–H groups in total. The highest BCUT2D eigenvalue weighted by Crippen LogP contribution is 2.32. The number of nitrogens with one attached hydrogen (secondary N) is 2. The fraction of sp³-hybridized carbons (Fsp3) is 0.619. The van der Waals surface area contributed by atoms with Crippen LogP contribution in [0, 0.1) is 0 Å². The van der Waals surface area contributed by atoms with Crippen molar-refractivity contribution in [3.8, 4) is 0 Å². The van der Waals surface area contributed by atoms with Gasteiger partial charge >= 0.3 is 0 Å². The molecule has 0 aromatic heterocycles. The van der Waals surface area contributed by atoms with Crippen LogP contribution in [-0.4, -0.2) is 51.0 Å². The lowest BCUT2D eigenvalue weighted by Crippen LogP contribution is -3.29. The van der Waals surface area contributed by atoms with Gasteiger partial charge in [-0.3, -0.25) is 4.79 Å². The van der Waals surface area contributed by atoms with Gasteiger partial charge in [0.15, 0.2) is 5.78 Å². The number of carboxylic acids is 1. The third kappa shape index (κ3) is 4.71. The van der Waals surface area contributed by atoms with Gasteiger partial charge < -0.3 is 19.7 Å². The van der Waals surface area contributed by atoms with E-state index in [1.54, 1.807) is 0 Å². The van der Waals surface area contributed by atoms with Gasteiger partial charge in [-0.1, -0.05) is 43.5 Å². The van der Waals surface area contributed by atoms with Crippen molar-refractivity contribution in [2.75, 3.05) is 33.2 Å². The number of ketones is 1. The lowest BCUT2D eigenvalue weighted by atomic mass is 9.84. The number of carbonyl (C=O) groups is 2. The Balaban J connectivity index is 1.62. The molecule has 0 unspecified atom stereocenters. The van der Waals surface area contributed by atoms with Gasteiger partial charge in [0.1, 0.15) is 32.2 Å². The average Bonchev–Trinajstić information content (AvgIpc) is 2.67. The number of likely N-dealkylation sites (N-methyl/N-ethyl adjacent to an activating group) is 1. The van der Waals surface area contributed by atoms with Crippen LogP contribution in [0.1, 0.15) is 60.4 Å². The number of benzene rings is 1. The van der Waals surface area contributed by atoms with Crippen molar-refractivity contribution in [2.45, 2.75) is 50.5 Å². The molecule has 26 heavy (non-hydrogen) atoms. The highest BCUT2D eigenvalue weighted by Gasteiger charge is 2.31. The van der Waals surface area contributed by atoms with Crippen LogP contribution < -0.4 is 14.9 Å². The molecular formula is C21H31N2O3+. The Morgan fingerprint density at radius 2 is 1.65 bits per heavy atom. The van der Waals surface area contributed by atoms with E-state index in [4.69, 9.17) is 0 Å². The van der Waals surface area contributed by atoms with Gasteiger partial charge in [-0.25, -0.2) is 0 Å². The maximum atomic E-state index is 12.6. The number of rotatable bonds is 6. The largest absolute Gasteiger partial charge is 0.544 e. The minimum absolute atomic E-state index is 0.0273. The number of Topliss-reactive ketones (excluding diaryl/α,β-unsaturated/α-hetero) is 1. The Morgan fingerprint density at radius 3 is 2.23 bits per heavy atom. The minimum atomic E-state index is -1.10. The zero-order valence-corrected chi connectivity index (χ0v) is 15.8. The third-order valence-electron chi connectivity index (χ3n) is 6.22. The summed E-state index contributed by atoms with van der Waals surface area (Å²) in [4.78, 5) is 26.6. The quantitative estimate of drug-likeness (QED) is 0.630. The molecule has 1 saturated carbocycles. The van der Waals surface area contributed by atoms with Gasteiger partial charge in [-0.15, -0.1) is 0 Å². The van der Waals surface area contributed by atoms with Crippen molar-refractivity contribution in [3.63, 3.8) is 0 Å². The Hall–Kier alpha value is -1.72. The van der Waals surface area contributed by atoms with Crippen LogP contribution in [-0.2, 0) is 4.79 Å². The van der Waals surface area contributed by atoms with Crippen molar-refractivity contribution >= 4 is 11.8 Å². The average molecular weight is 359 g/mol. The molecule has 0 bridgehead atoms. The van der Waals surface area contributed by atoms with E-state index in [9.17, 15) is 14.7 Å². The summed E-state index contributed by atoms with van der Waals surface area (Å²) < 4.78 is 0. The van der Waals surface area contributed by atoms with Crippen molar-refractivity contribution in [1.82, 2.24) is 0 Å². The summed E-state index contributed by atoms with van der Waals surface area (Å²) in [5.74, 6) is -0.582. The molecule has 2 aliphatic rings. The number of carbonyl (C=O) groups excluding carboxylic acids is 2. The smallest absolute Gasteiger partial charge is 0.169 e. The predicted molar refractivity (Wildman–Crippen MR) is 97.3 cm³/mol. The Morgan fingerprint density at radius 1 is 1.04 bits per heavy atom. The van der Waals surface area contributed by atoms with Crippen molar-refractivity contribution in [2.24, 2.45) is 0 Å². The maximum Gasteiger partial charge on any atom is 0.169 e. The molecule has 1 saturated heterocycles. The second-order valence-corrected chi connectivity index (χ2v) is 8.07. The zero-order chi connectivity index (χ0) is 18.5.